The van der Waals surface area contributed by atoms with Crippen molar-refractivity contribution in [3.05, 3.63) is 65.2 Å². The third-order valence-electron chi connectivity index (χ3n) is 3.73. The first-order chi connectivity index (χ1) is 11.4. The molecule has 0 aliphatic heterocycles. The fourth-order valence-electron chi connectivity index (χ4n) is 2.40. The first-order valence-corrected chi connectivity index (χ1v) is 8.30. The Hall–Kier alpha value is -2.49. The van der Waals surface area contributed by atoms with Gasteiger partial charge in [-0.25, -0.2) is 4.79 Å². The predicted molar refractivity (Wildman–Crippen MR) is 97.2 cm³/mol. The van der Waals surface area contributed by atoms with E-state index in [1.165, 1.54) is 11.1 Å². The van der Waals surface area contributed by atoms with E-state index >= 15 is 0 Å². The smallest absolute Gasteiger partial charge is 0.317 e. The van der Waals surface area contributed by atoms with E-state index in [1.54, 1.807) is 0 Å². The standard InChI is InChI=1S/C20H26N2O2/c1-14(2)18-8-10-19(11-9-18)24-16(4)22-20(23)21-13-17-7-5-6-15(3)12-17/h5-12,14,16H,13H2,1-4H3,(H2,21,22,23). The Bertz CT molecular complexity index is 666. The van der Waals surface area contributed by atoms with Crippen LogP contribution in [0.15, 0.2) is 48.5 Å². The Morgan fingerprint density at radius 2 is 1.79 bits per heavy atom. The maximum absolute atomic E-state index is 11.9. The number of carbonyl (C=O) groups is 1. The maximum Gasteiger partial charge on any atom is 0.317 e. The molecule has 2 aromatic carbocycles. The van der Waals surface area contributed by atoms with Crippen molar-refractivity contribution in [2.45, 2.75) is 46.4 Å². The van der Waals surface area contributed by atoms with Crippen LogP contribution in [-0.4, -0.2) is 12.3 Å². The van der Waals surface area contributed by atoms with Crippen molar-refractivity contribution in [2.24, 2.45) is 0 Å². The minimum atomic E-state index is -0.410. The lowest BCUT2D eigenvalue weighted by atomic mass is 10.0. The second-order valence-corrected chi connectivity index (χ2v) is 6.30. The van der Waals surface area contributed by atoms with Crippen molar-refractivity contribution in [3.8, 4) is 5.75 Å². The SMILES string of the molecule is Cc1cccc(CNC(=O)NC(C)Oc2ccc(C(C)C)cc2)c1. The summed E-state index contributed by atoms with van der Waals surface area (Å²) in [6.45, 7) is 8.63. The molecular weight excluding hydrogens is 300 g/mol. The summed E-state index contributed by atoms with van der Waals surface area (Å²) < 4.78 is 5.72. The fraction of sp³-hybridized carbons (Fsp3) is 0.350. The summed E-state index contributed by atoms with van der Waals surface area (Å²) in [5, 5.41) is 5.62. The van der Waals surface area contributed by atoms with Gasteiger partial charge in [0.1, 0.15) is 5.75 Å². The van der Waals surface area contributed by atoms with Crippen molar-refractivity contribution < 1.29 is 9.53 Å². The fourth-order valence-corrected chi connectivity index (χ4v) is 2.40. The molecule has 0 saturated heterocycles. The number of amides is 2. The Balaban J connectivity index is 1.78. The molecule has 0 radical (unpaired) electrons. The summed E-state index contributed by atoms with van der Waals surface area (Å²) >= 11 is 0. The van der Waals surface area contributed by atoms with Crippen LogP contribution in [0.5, 0.6) is 5.75 Å². The number of aryl methyl sites for hydroxylation is 1. The van der Waals surface area contributed by atoms with Gasteiger partial charge in [0.15, 0.2) is 6.23 Å². The Labute approximate surface area is 144 Å². The van der Waals surface area contributed by atoms with Gasteiger partial charge < -0.3 is 15.4 Å². The Morgan fingerprint density at radius 1 is 1.08 bits per heavy atom. The molecule has 2 amide bonds. The van der Waals surface area contributed by atoms with Crippen LogP contribution in [0.4, 0.5) is 4.79 Å². The van der Waals surface area contributed by atoms with Gasteiger partial charge in [0.25, 0.3) is 0 Å². The molecule has 0 fully saturated rings. The summed E-state index contributed by atoms with van der Waals surface area (Å²) in [6.07, 6.45) is -0.410. The van der Waals surface area contributed by atoms with Gasteiger partial charge in [-0.05, 0) is 43.0 Å². The lowest BCUT2D eigenvalue weighted by Crippen LogP contribution is -2.43. The lowest BCUT2D eigenvalue weighted by molar-refractivity contribution is 0.177. The number of ether oxygens (including phenoxy) is 1. The molecule has 24 heavy (non-hydrogen) atoms. The second kappa shape index (κ2) is 8.39. The van der Waals surface area contributed by atoms with E-state index in [4.69, 9.17) is 4.74 Å². The highest BCUT2D eigenvalue weighted by Gasteiger charge is 2.08. The van der Waals surface area contributed by atoms with Crippen LogP contribution in [0.3, 0.4) is 0 Å². The third-order valence-corrected chi connectivity index (χ3v) is 3.73. The van der Waals surface area contributed by atoms with E-state index in [1.807, 2.05) is 56.3 Å². The highest BCUT2D eigenvalue weighted by Crippen LogP contribution is 2.19. The topological polar surface area (TPSA) is 50.4 Å². The summed E-state index contributed by atoms with van der Waals surface area (Å²) in [4.78, 5) is 11.9. The average Bonchev–Trinajstić information content (AvgIpc) is 2.53. The van der Waals surface area contributed by atoms with Gasteiger partial charge in [-0.3, -0.25) is 0 Å². The first-order valence-electron chi connectivity index (χ1n) is 8.30. The van der Waals surface area contributed by atoms with E-state index < -0.39 is 6.23 Å². The van der Waals surface area contributed by atoms with Gasteiger partial charge in [0.05, 0.1) is 0 Å². The molecule has 128 valence electrons. The number of carbonyl (C=O) groups excluding carboxylic acids is 1. The van der Waals surface area contributed by atoms with Crippen LogP contribution in [0, 0.1) is 6.92 Å². The molecule has 0 spiro atoms. The zero-order valence-corrected chi connectivity index (χ0v) is 14.8. The molecule has 2 N–H and O–H groups in total. The highest BCUT2D eigenvalue weighted by molar-refractivity contribution is 5.74. The molecule has 4 heteroatoms. The normalized spacial score (nSPS) is 11.9. The quantitative estimate of drug-likeness (QED) is 0.776. The number of benzene rings is 2. The molecule has 2 rings (SSSR count). The van der Waals surface area contributed by atoms with Crippen molar-refractivity contribution in [3.63, 3.8) is 0 Å². The van der Waals surface area contributed by atoms with Crippen LogP contribution in [-0.2, 0) is 6.54 Å². The van der Waals surface area contributed by atoms with E-state index in [-0.39, 0.29) is 6.03 Å². The minimum Gasteiger partial charge on any atom is -0.471 e. The number of nitrogens with one attached hydrogen (secondary N) is 2. The molecule has 2 aromatic rings. The third kappa shape index (κ3) is 5.61. The highest BCUT2D eigenvalue weighted by atomic mass is 16.5. The average molecular weight is 326 g/mol. The van der Waals surface area contributed by atoms with E-state index in [0.29, 0.717) is 12.5 Å². The van der Waals surface area contributed by atoms with Gasteiger partial charge in [0, 0.05) is 6.54 Å². The minimum absolute atomic E-state index is 0.247. The Morgan fingerprint density at radius 3 is 2.42 bits per heavy atom. The molecule has 0 saturated carbocycles. The summed E-state index contributed by atoms with van der Waals surface area (Å²) in [7, 11) is 0. The predicted octanol–water partition coefficient (Wildman–Crippen LogP) is 4.34. The summed E-state index contributed by atoms with van der Waals surface area (Å²) in [5.74, 6) is 1.23. The van der Waals surface area contributed by atoms with Crippen LogP contribution >= 0.6 is 0 Å². The van der Waals surface area contributed by atoms with Crippen LogP contribution < -0.4 is 15.4 Å². The maximum atomic E-state index is 11.9. The number of rotatable bonds is 6. The number of hydrogen-bond acceptors (Lipinski definition) is 2. The zero-order chi connectivity index (χ0) is 17.5. The van der Waals surface area contributed by atoms with Gasteiger partial charge in [-0.2, -0.15) is 0 Å². The molecule has 1 unspecified atom stereocenters. The molecule has 1 atom stereocenters. The van der Waals surface area contributed by atoms with Gasteiger partial charge in [-0.15, -0.1) is 0 Å². The van der Waals surface area contributed by atoms with Crippen molar-refractivity contribution >= 4 is 6.03 Å². The lowest BCUT2D eigenvalue weighted by Gasteiger charge is -2.17. The molecule has 0 aliphatic carbocycles. The molecule has 4 nitrogen and oxygen atoms in total. The molecule has 0 heterocycles. The van der Waals surface area contributed by atoms with Crippen LogP contribution in [0.1, 0.15) is 43.4 Å². The molecular formula is C20H26N2O2. The van der Waals surface area contributed by atoms with E-state index in [9.17, 15) is 4.79 Å². The van der Waals surface area contributed by atoms with Gasteiger partial charge in [0.2, 0.25) is 0 Å². The van der Waals surface area contributed by atoms with Crippen LogP contribution in [0.2, 0.25) is 0 Å². The largest absolute Gasteiger partial charge is 0.471 e. The summed E-state index contributed by atoms with van der Waals surface area (Å²) in [5.41, 5.74) is 3.51. The monoisotopic (exact) mass is 326 g/mol. The number of hydrogen-bond donors (Lipinski definition) is 2. The zero-order valence-electron chi connectivity index (χ0n) is 14.8. The van der Waals surface area contributed by atoms with Gasteiger partial charge in [-0.1, -0.05) is 55.8 Å². The van der Waals surface area contributed by atoms with Crippen LogP contribution in [0.25, 0.3) is 0 Å². The van der Waals surface area contributed by atoms with Crippen molar-refractivity contribution in [2.75, 3.05) is 0 Å². The molecule has 0 aromatic heterocycles. The van der Waals surface area contributed by atoms with Crippen molar-refractivity contribution in [1.29, 1.82) is 0 Å². The first kappa shape index (κ1) is 17.9. The van der Waals surface area contributed by atoms with E-state index in [0.717, 1.165) is 11.3 Å². The Kier molecular flexibility index (Phi) is 6.24. The van der Waals surface area contributed by atoms with Crippen molar-refractivity contribution in [1.82, 2.24) is 10.6 Å². The summed E-state index contributed by atoms with van der Waals surface area (Å²) in [6, 6.07) is 15.8. The number of urea groups is 1. The molecule has 0 bridgehead atoms. The van der Waals surface area contributed by atoms with E-state index in [2.05, 4.69) is 30.5 Å². The molecule has 0 aliphatic rings. The van der Waals surface area contributed by atoms with Gasteiger partial charge >= 0.3 is 6.03 Å². The second-order valence-electron chi connectivity index (χ2n) is 6.30.